The van der Waals surface area contributed by atoms with Crippen molar-refractivity contribution < 1.29 is 37.3 Å². The van der Waals surface area contributed by atoms with Gasteiger partial charge in [-0.05, 0) is 89.5 Å². The Morgan fingerprint density at radius 3 is 1.23 bits per heavy atom. The number of phosphoric ester groups is 1. The van der Waals surface area contributed by atoms with Crippen molar-refractivity contribution in [1.29, 1.82) is 0 Å². The Morgan fingerprint density at radius 1 is 0.450 bits per heavy atom. The first-order valence-corrected chi connectivity index (χ1v) is 35.6. The lowest BCUT2D eigenvalue weighted by Crippen LogP contribution is -2.47. The fraction of sp³-hybridized carbons (Fsp3) is 0.829. The summed E-state index contributed by atoms with van der Waals surface area (Å²) >= 11 is 0. The standard InChI is InChI=1S/C70H131N2O7P/c1-7-10-13-16-19-22-25-28-30-31-32-33-34-35-36-37-38-39-40-41-43-45-48-51-54-57-60-63-70(74)79-68(61-58-55-52-49-46-27-24-21-18-15-12-9-3)67(66-78-80(75,76)77-65-64-72(4,5)6)71-69(73)62-59-56-53-50-47-44-42-29-26-23-20-17-14-11-8-2/h19-20,22-23,26,28-30,58,61,67-68H,7-18,21,24-25,27,31-57,59-60,62-66H2,1-6H3,(H-,71,73,75,76)/p+1/b22-19-,23-20+,29-26+,30-28-,61-58-. The van der Waals surface area contributed by atoms with Crippen molar-refractivity contribution >= 4 is 19.7 Å². The molecule has 0 rings (SSSR count). The molecule has 0 aromatic carbocycles. The second-order valence-corrected chi connectivity index (χ2v) is 25.8. The Kier molecular flexibility index (Phi) is 58.1. The molecule has 0 aliphatic carbocycles. The fourth-order valence-corrected chi connectivity index (χ4v) is 10.6. The highest BCUT2D eigenvalue weighted by Crippen LogP contribution is 2.43. The summed E-state index contributed by atoms with van der Waals surface area (Å²) in [5.41, 5.74) is 0. The van der Waals surface area contributed by atoms with Crippen LogP contribution < -0.4 is 5.32 Å². The van der Waals surface area contributed by atoms with Crippen LogP contribution in [0.25, 0.3) is 0 Å². The molecule has 1 amide bonds. The molecule has 3 unspecified atom stereocenters. The van der Waals surface area contributed by atoms with Gasteiger partial charge in [0.25, 0.3) is 0 Å². The minimum absolute atomic E-state index is 0.0379. The van der Waals surface area contributed by atoms with E-state index in [-0.39, 0.29) is 25.1 Å². The summed E-state index contributed by atoms with van der Waals surface area (Å²) in [6, 6.07) is -0.854. The van der Waals surface area contributed by atoms with Gasteiger partial charge in [-0.2, -0.15) is 0 Å². The van der Waals surface area contributed by atoms with Gasteiger partial charge in [-0.1, -0.05) is 281 Å². The molecule has 0 saturated carbocycles. The van der Waals surface area contributed by atoms with E-state index in [1.54, 1.807) is 0 Å². The first-order valence-electron chi connectivity index (χ1n) is 34.1. The molecule has 0 fully saturated rings. The van der Waals surface area contributed by atoms with E-state index in [2.05, 4.69) is 74.7 Å². The van der Waals surface area contributed by atoms with E-state index >= 15 is 0 Å². The Bertz CT molecular complexity index is 1550. The number of rotatable bonds is 62. The van der Waals surface area contributed by atoms with Gasteiger partial charge in [0.15, 0.2) is 0 Å². The molecule has 0 aromatic rings. The summed E-state index contributed by atoms with van der Waals surface area (Å²) < 4.78 is 30.8. The number of hydrogen-bond acceptors (Lipinski definition) is 6. The third-order valence-electron chi connectivity index (χ3n) is 15.2. The van der Waals surface area contributed by atoms with Gasteiger partial charge in [-0.3, -0.25) is 18.6 Å². The normalized spacial score (nSPS) is 13.9. The third kappa shape index (κ3) is 60.3. The van der Waals surface area contributed by atoms with Crippen molar-refractivity contribution in [3.05, 3.63) is 60.8 Å². The molecular weight excluding hydrogens is 1010 g/mol. The zero-order valence-corrected chi connectivity index (χ0v) is 54.5. The predicted octanol–water partition coefficient (Wildman–Crippen LogP) is 21.4. The Balaban J connectivity index is 5.01. The minimum atomic E-state index is -4.45. The maximum Gasteiger partial charge on any atom is 0.472 e. The third-order valence-corrected chi connectivity index (χ3v) is 16.2. The van der Waals surface area contributed by atoms with Crippen LogP contribution in [0.3, 0.4) is 0 Å². The number of allylic oxidation sites excluding steroid dienone is 9. The van der Waals surface area contributed by atoms with Crippen molar-refractivity contribution in [2.24, 2.45) is 0 Å². The lowest BCUT2D eigenvalue weighted by Gasteiger charge is -2.27. The number of amides is 1. The summed E-state index contributed by atoms with van der Waals surface area (Å²) in [4.78, 5) is 37.8. The van der Waals surface area contributed by atoms with Crippen LogP contribution in [0.15, 0.2) is 60.8 Å². The van der Waals surface area contributed by atoms with Crippen LogP contribution in [0, 0.1) is 0 Å². The number of ether oxygens (including phenoxy) is 1. The number of quaternary nitrogens is 1. The van der Waals surface area contributed by atoms with Gasteiger partial charge < -0.3 is 19.4 Å². The van der Waals surface area contributed by atoms with Crippen LogP contribution in [-0.4, -0.2) is 74.3 Å². The summed E-state index contributed by atoms with van der Waals surface area (Å²) in [7, 11) is 1.49. The van der Waals surface area contributed by atoms with Gasteiger partial charge in [-0.25, -0.2) is 4.57 Å². The topological polar surface area (TPSA) is 111 Å². The summed E-state index contributed by atoms with van der Waals surface area (Å²) in [5.74, 6) is -0.508. The highest BCUT2D eigenvalue weighted by Gasteiger charge is 2.30. The van der Waals surface area contributed by atoms with E-state index in [9.17, 15) is 19.0 Å². The molecule has 0 radical (unpaired) electrons. The molecule has 0 saturated heterocycles. The molecule has 10 heteroatoms. The maximum atomic E-state index is 13.6. The van der Waals surface area contributed by atoms with E-state index < -0.39 is 20.0 Å². The zero-order valence-electron chi connectivity index (χ0n) is 53.6. The van der Waals surface area contributed by atoms with Gasteiger partial charge >= 0.3 is 13.8 Å². The molecule has 0 spiro atoms. The molecule has 0 aromatic heterocycles. The van der Waals surface area contributed by atoms with Crippen LogP contribution in [0.2, 0.25) is 0 Å². The number of likely N-dealkylation sites (N-methyl/N-ethyl adjacent to an activating group) is 1. The molecule has 80 heavy (non-hydrogen) atoms. The average Bonchev–Trinajstić information content (AvgIpc) is 3.43. The fourth-order valence-electron chi connectivity index (χ4n) is 9.90. The van der Waals surface area contributed by atoms with Crippen molar-refractivity contribution in [2.45, 2.75) is 335 Å². The smallest absolute Gasteiger partial charge is 0.456 e. The van der Waals surface area contributed by atoms with E-state index in [1.165, 1.54) is 205 Å². The monoisotopic (exact) mass is 1140 g/mol. The molecule has 468 valence electrons. The van der Waals surface area contributed by atoms with Crippen LogP contribution in [0.1, 0.15) is 323 Å². The van der Waals surface area contributed by atoms with Gasteiger partial charge in [0.1, 0.15) is 19.3 Å². The van der Waals surface area contributed by atoms with Crippen molar-refractivity contribution in [1.82, 2.24) is 5.32 Å². The highest BCUT2D eigenvalue weighted by atomic mass is 31.2. The summed E-state index contributed by atoms with van der Waals surface area (Å²) in [6.07, 6.45) is 76.6. The number of nitrogens with zero attached hydrogens (tertiary/aromatic N) is 1. The van der Waals surface area contributed by atoms with Gasteiger partial charge in [0, 0.05) is 12.8 Å². The van der Waals surface area contributed by atoms with Gasteiger partial charge in [0.2, 0.25) is 5.91 Å². The zero-order chi connectivity index (χ0) is 58.6. The van der Waals surface area contributed by atoms with Crippen LogP contribution >= 0.6 is 7.82 Å². The molecule has 2 N–H and O–H groups in total. The van der Waals surface area contributed by atoms with Gasteiger partial charge in [0.05, 0.1) is 33.8 Å². The molecule has 3 atom stereocenters. The molecule has 0 aliphatic heterocycles. The van der Waals surface area contributed by atoms with E-state index in [1.807, 2.05) is 33.3 Å². The lowest BCUT2D eigenvalue weighted by molar-refractivity contribution is -0.870. The van der Waals surface area contributed by atoms with Crippen molar-refractivity contribution in [2.75, 3.05) is 40.9 Å². The highest BCUT2D eigenvalue weighted by molar-refractivity contribution is 7.47. The number of nitrogens with one attached hydrogen (secondary N) is 1. The number of hydrogen-bond donors (Lipinski definition) is 2. The van der Waals surface area contributed by atoms with Crippen molar-refractivity contribution in [3.63, 3.8) is 0 Å². The predicted molar refractivity (Wildman–Crippen MR) is 346 cm³/mol. The maximum absolute atomic E-state index is 13.6. The summed E-state index contributed by atoms with van der Waals surface area (Å²) in [5, 5.41) is 3.06. The number of unbranched alkanes of at least 4 members (excludes halogenated alkanes) is 39. The van der Waals surface area contributed by atoms with E-state index in [0.29, 0.717) is 23.9 Å². The van der Waals surface area contributed by atoms with Gasteiger partial charge in [-0.15, -0.1) is 0 Å². The second kappa shape index (κ2) is 59.9. The molecule has 0 bridgehead atoms. The number of carbonyl (C=O) groups excluding carboxylic acids is 2. The van der Waals surface area contributed by atoms with Crippen LogP contribution in [0.5, 0.6) is 0 Å². The molecule has 9 nitrogen and oxygen atoms in total. The Hall–Kier alpha value is -2.29. The van der Waals surface area contributed by atoms with Crippen molar-refractivity contribution in [3.8, 4) is 0 Å². The first-order chi connectivity index (χ1) is 38.9. The number of esters is 1. The molecule has 0 heterocycles. The first kappa shape index (κ1) is 77.7. The number of carbonyl (C=O) groups is 2. The second-order valence-electron chi connectivity index (χ2n) is 24.4. The average molecular weight is 1140 g/mol. The summed E-state index contributed by atoms with van der Waals surface area (Å²) in [6.45, 7) is 6.98. The Labute approximate surface area is 496 Å². The quantitative estimate of drug-likeness (QED) is 0.0156. The number of phosphoric acid groups is 1. The van der Waals surface area contributed by atoms with E-state index in [0.717, 1.165) is 83.5 Å². The molecule has 0 aliphatic rings. The largest absolute Gasteiger partial charge is 0.472 e. The molecular formula is C70H132N2O7P+. The van der Waals surface area contributed by atoms with Crippen LogP contribution in [0.4, 0.5) is 0 Å². The van der Waals surface area contributed by atoms with Crippen LogP contribution in [-0.2, 0) is 27.9 Å². The Morgan fingerprint density at radius 2 is 0.800 bits per heavy atom. The SMILES string of the molecule is CCCCC/C=C\C/C=C\CCCCCCCCCCCCCCCCCCCC(=O)OC(/C=C\CCCCCCCCCCCC)C(COP(=O)(O)OCC[N+](C)(C)C)NC(=O)CCCCCCCC/C=C/C=C/CCCCC. The lowest BCUT2D eigenvalue weighted by atomic mass is 10.0. The van der Waals surface area contributed by atoms with E-state index in [4.69, 9.17) is 13.8 Å². The minimum Gasteiger partial charge on any atom is -0.456 e.